The van der Waals surface area contributed by atoms with E-state index < -0.39 is 5.60 Å². The Balaban J connectivity index is 0.00000261. The molecule has 8 heteroatoms. The molecule has 2 fully saturated rings. The fourth-order valence-electron chi connectivity index (χ4n) is 3.64. The van der Waals surface area contributed by atoms with Gasteiger partial charge in [-0.15, -0.1) is 35.3 Å². The maximum atomic E-state index is 10.8. The van der Waals surface area contributed by atoms with E-state index in [1.165, 1.54) is 5.00 Å². The normalized spacial score (nSPS) is 26.3. The number of thiophene rings is 1. The number of guanidine groups is 1. The van der Waals surface area contributed by atoms with Crippen molar-refractivity contribution in [2.75, 3.05) is 36.8 Å². The summed E-state index contributed by atoms with van der Waals surface area (Å²) in [5.74, 6) is 1.90. The first-order chi connectivity index (χ1) is 12.6. The average Bonchev–Trinajstić information content (AvgIpc) is 3.18. The van der Waals surface area contributed by atoms with Gasteiger partial charge in [0.15, 0.2) is 5.96 Å². The highest BCUT2D eigenvalue weighted by Crippen LogP contribution is 2.41. The van der Waals surface area contributed by atoms with Gasteiger partial charge in [-0.25, -0.2) is 0 Å². The second-order valence-corrected chi connectivity index (χ2v) is 9.54. The van der Waals surface area contributed by atoms with Crippen LogP contribution in [0.1, 0.15) is 39.5 Å². The van der Waals surface area contributed by atoms with Gasteiger partial charge in [0, 0.05) is 30.9 Å². The third-order valence-electron chi connectivity index (χ3n) is 5.32. The van der Waals surface area contributed by atoms with E-state index in [1.54, 1.807) is 0 Å². The molecule has 0 amide bonds. The largest absolute Gasteiger partial charge is 0.387 e. The Morgan fingerprint density at radius 1 is 1.37 bits per heavy atom. The molecular weight excluding hydrogens is 491 g/mol. The summed E-state index contributed by atoms with van der Waals surface area (Å²) in [7, 11) is 0. The zero-order chi connectivity index (χ0) is 18.4. The number of hydrogen-bond donors (Lipinski definition) is 3. The van der Waals surface area contributed by atoms with E-state index in [2.05, 4.69) is 46.9 Å². The predicted octanol–water partition coefficient (Wildman–Crippen LogP) is 3.54. The smallest absolute Gasteiger partial charge is 0.191 e. The molecule has 3 rings (SSSR count). The molecule has 2 unspecified atom stereocenters. The van der Waals surface area contributed by atoms with Gasteiger partial charge in [-0.2, -0.15) is 11.8 Å². The van der Waals surface area contributed by atoms with Crippen molar-refractivity contribution in [3.05, 3.63) is 17.5 Å². The zero-order valence-corrected chi connectivity index (χ0v) is 20.3. The number of nitrogens with one attached hydrogen (secondary N) is 2. The molecule has 1 saturated heterocycles. The molecule has 154 valence electrons. The molecule has 1 aliphatic carbocycles. The first kappa shape index (κ1) is 23.1. The third-order valence-corrected chi connectivity index (χ3v) is 7.65. The first-order valence-electron chi connectivity index (χ1n) is 9.82. The highest BCUT2D eigenvalue weighted by Gasteiger charge is 2.45. The SMILES string of the molecule is CCNC(=NCC1(O)CCC1SCC)NC1CCN(c2cccs2)CC1.I. The number of nitrogens with zero attached hydrogens (tertiary/aromatic N) is 2. The number of aliphatic hydroxyl groups is 1. The van der Waals surface area contributed by atoms with E-state index in [9.17, 15) is 5.11 Å². The van der Waals surface area contributed by atoms with Crippen molar-refractivity contribution in [2.45, 2.75) is 56.4 Å². The molecule has 5 nitrogen and oxygen atoms in total. The Hall–Kier alpha value is -0.190. The summed E-state index contributed by atoms with van der Waals surface area (Å²) in [5.41, 5.74) is -0.619. The topological polar surface area (TPSA) is 59.9 Å². The van der Waals surface area contributed by atoms with Crippen LogP contribution in [-0.4, -0.2) is 59.9 Å². The molecule has 1 saturated carbocycles. The molecule has 0 bridgehead atoms. The van der Waals surface area contributed by atoms with Crippen molar-refractivity contribution in [2.24, 2.45) is 4.99 Å². The quantitative estimate of drug-likeness (QED) is 0.290. The molecule has 3 N–H and O–H groups in total. The molecule has 0 spiro atoms. The second kappa shape index (κ2) is 11.1. The van der Waals surface area contributed by atoms with Crippen LogP contribution in [0.3, 0.4) is 0 Å². The van der Waals surface area contributed by atoms with Crippen molar-refractivity contribution in [3.8, 4) is 0 Å². The monoisotopic (exact) mass is 524 g/mol. The van der Waals surface area contributed by atoms with E-state index >= 15 is 0 Å². The van der Waals surface area contributed by atoms with Crippen molar-refractivity contribution < 1.29 is 5.11 Å². The van der Waals surface area contributed by atoms with Crippen LogP contribution in [0.5, 0.6) is 0 Å². The minimum Gasteiger partial charge on any atom is -0.387 e. The molecule has 1 aromatic heterocycles. The van der Waals surface area contributed by atoms with E-state index in [4.69, 9.17) is 4.99 Å². The van der Waals surface area contributed by atoms with Crippen molar-refractivity contribution in [1.82, 2.24) is 10.6 Å². The highest BCUT2D eigenvalue weighted by atomic mass is 127. The molecule has 1 aromatic rings. The maximum Gasteiger partial charge on any atom is 0.191 e. The zero-order valence-electron chi connectivity index (χ0n) is 16.3. The standard InChI is InChI=1S/C19H32N4OS2.HI/c1-3-20-18(21-14-19(24)10-7-16(19)25-4-2)22-15-8-11-23(12-9-15)17-6-5-13-26-17;/h5-6,13,15-16,24H,3-4,7-12,14H2,1-2H3,(H2,20,21,22);1H. The van der Waals surface area contributed by atoms with Crippen LogP contribution in [0.2, 0.25) is 0 Å². The fraction of sp³-hybridized carbons (Fsp3) is 0.737. The van der Waals surface area contributed by atoms with Crippen LogP contribution in [0.25, 0.3) is 0 Å². The molecule has 0 aromatic carbocycles. The van der Waals surface area contributed by atoms with Gasteiger partial charge in [0.25, 0.3) is 0 Å². The van der Waals surface area contributed by atoms with E-state index in [0.717, 1.165) is 57.0 Å². The van der Waals surface area contributed by atoms with Gasteiger partial charge < -0.3 is 20.6 Å². The van der Waals surface area contributed by atoms with Gasteiger partial charge in [-0.3, -0.25) is 4.99 Å². The maximum absolute atomic E-state index is 10.8. The number of thioether (sulfide) groups is 1. The molecule has 2 atom stereocenters. The van der Waals surface area contributed by atoms with Gasteiger partial charge in [0.05, 0.1) is 17.1 Å². The van der Waals surface area contributed by atoms with Gasteiger partial charge in [-0.1, -0.05) is 6.92 Å². The summed E-state index contributed by atoms with van der Waals surface area (Å²) in [6.45, 7) is 7.73. The number of aliphatic imine (C=N–C) groups is 1. The lowest BCUT2D eigenvalue weighted by Crippen LogP contribution is -2.54. The Bertz CT molecular complexity index is 578. The van der Waals surface area contributed by atoms with Crippen molar-refractivity contribution in [1.29, 1.82) is 0 Å². The van der Waals surface area contributed by atoms with E-state index in [0.29, 0.717) is 17.8 Å². The fourth-order valence-corrected chi connectivity index (χ4v) is 5.61. The van der Waals surface area contributed by atoms with Gasteiger partial charge in [-0.05, 0) is 55.9 Å². The Morgan fingerprint density at radius 2 is 2.15 bits per heavy atom. The predicted molar refractivity (Wildman–Crippen MR) is 130 cm³/mol. The molecule has 0 radical (unpaired) electrons. The third kappa shape index (κ3) is 6.14. The molecule has 1 aliphatic heterocycles. The van der Waals surface area contributed by atoms with Crippen LogP contribution >= 0.6 is 47.1 Å². The summed E-state index contributed by atoms with van der Waals surface area (Å²) < 4.78 is 0. The molecule has 27 heavy (non-hydrogen) atoms. The summed E-state index contributed by atoms with van der Waals surface area (Å²) in [5, 5.41) is 21.6. The summed E-state index contributed by atoms with van der Waals surface area (Å²) in [6.07, 6.45) is 4.20. The Labute approximate surface area is 188 Å². The molecule has 2 aliphatic rings. The van der Waals surface area contributed by atoms with Crippen LogP contribution in [0, 0.1) is 0 Å². The van der Waals surface area contributed by atoms with Gasteiger partial charge in [0.2, 0.25) is 0 Å². The minimum absolute atomic E-state index is 0. The van der Waals surface area contributed by atoms with E-state index in [-0.39, 0.29) is 24.0 Å². The number of hydrogen-bond acceptors (Lipinski definition) is 5. The van der Waals surface area contributed by atoms with Gasteiger partial charge in [0.1, 0.15) is 0 Å². The molecular formula is C19H33IN4OS2. The van der Waals surface area contributed by atoms with Crippen LogP contribution < -0.4 is 15.5 Å². The second-order valence-electron chi connectivity index (χ2n) is 7.14. The van der Waals surface area contributed by atoms with Crippen molar-refractivity contribution in [3.63, 3.8) is 0 Å². The van der Waals surface area contributed by atoms with E-state index in [1.807, 2.05) is 23.1 Å². The lowest BCUT2D eigenvalue weighted by atomic mass is 9.79. The minimum atomic E-state index is -0.619. The first-order valence-corrected chi connectivity index (χ1v) is 11.7. The highest BCUT2D eigenvalue weighted by molar-refractivity contribution is 14.0. The number of rotatable bonds is 7. The van der Waals surface area contributed by atoms with Crippen molar-refractivity contribution >= 4 is 58.0 Å². The summed E-state index contributed by atoms with van der Waals surface area (Å²) in [6, 6.07) is 4.77. The van der Waals surface area contributed by atoms with Gasteiger partial charge >= 0.3 is 0 Å². The van der Waals surface area contributed by atoms with Crippen LogP contribution in [0.15, 0.2) is 22.5 Å². The summed E-state index contributed by atoms with van der Waals surface area (Å²) >= 11 is 3.68. The lowest BCUT2D eigenvalue weighted by Gasteiger charge is -2.44. The number of piperidine rings is 1. The number of anilines is 1. The number of halogens is 1. The summed E-state index contributed by atoms with van der Waals surface area (Å²) in [4.78, 5) is 7.19. The average molecular weight is 525 g/mol. The lowest BCUT2D eigenvalue weighted by molar-refractivity contribution is -0.0154. The van der Waals surface area contributed by atoms with Crippen LogP contribution in [0.4, 0.5) is 5.00 Å². The Kier molecular flexibility index (Phi) is 9.50. The molecule has 2 heterocycles. The van der Waals surface area contributed by atoms with Crippen LogP contribution in [-0.2, 0) is 0 Å². The Morgan fingerprint density at radius 3 is 2.70 bits per heavy atom.